The fourth-order valence-electron chi connectivity index (χ4n) is 6.25. The van der Waals surface area contributed by atoms with Crippen molar-refractivity contribution >= 4 is 35.1 Å². The molecule has 0 aliphatic heterocycles. The molecular formula is C26H31N3O9. The molecule has 1 aromatic rings. The Hall–Kier alpha value is -3.64. The minimum Gasteiger partial charge on any atom is -0.507 e. The molecule has 4 rings (SSSR count). The molecule has 3 aliphatic rings. The number of aliphatic hydroxyl groups is 1. The number of fused-ring (bicyclic) bond motifs is 3. The first-order valence-corrected chi connectivity index (χ1v) is 12.4. The number of likely N-dealkylation sites (N-methyl/N-ethyl adjacent to an activating group) is 1. The van der Waals surface area contributed by atoms with Gasteiger partial charge in [0.2, 0.25) is 5.91 Å². The summed E-state index contributed by atoms with van der Waals surface area (Å²) >= 11 is 0. The normalized spacial score (nSPS) is 30.4. The number of rotatable bonds is 6. The monoisotopic (exact) mass is 529 g/mol. The van der Waals surface area contributed by atoms with Gasteiger partial charge in [0.05, 0.1) is 24.1 Å². The number of amides is 2. The average molecular weight is 530 g/mol. The summed E-state index contributed by atoms with van der Waals surface area (Å²) in [6, 6.07) is 1.65. The highest BCUT2D eigenvalue weighted by atomic mass is 16.5. The van der Waals surface area contributed by atoms with E-state index in [1.165, 1.54) is 25.1 Å². The Morgan fingerprint density at radius 3 is 2.47 bits per heavy atom. The van der Waals surface area contributed by atoms with Crippen LogP contribution in [0.15, 0.2) is 12.1 Å². The van der Waals surface area contributed by atoms with Crippen LogP contribution in [0.1, 0.15) is 41.3 Å². The Kier molecular flexibility index (Phi) is 7.15. The van der Waals surface area contributed by atoms with Gasteiger partial charge in [-0.05, 0) is 56.5 Å². The number of nitrogens with zero attached hydrogens (tertiary/aromatic N) is 1. The van der Waals surface area contributed by atoms with E-state index < -0.39 is 70.4 Å². The zero-order valence-electron chi connectivity index (χ0n) is 21.4. The predicted molar refractivity (Wildman–Crippen MR) is 130 cm³/mol. The molecule has 0 aromatic heterocycles. The van der Waals surface area contributed by atoms with E-state index in [4.69, 9.17) is 10.5 Å². The Balaban J connectivity index is 1.75. The van der Waals surface area contributed by atoms with Crippen LogP contribution < -0.4 is 11.1 Å². The molecule has 3 aliphatic carbocycles. The first-order chi connectivity index (χ1) is 17.9. The number of alkyl carbamates (subject to hydrolysis) is 1. The van der Waals surface area contributed by atoms with Gasteiger partial charge in [-0.15, -0.1) is 0 Å². The van der Waals surface area contributed by atoms with Crippen LogP contribution in [0, 0.1) is 23.7 Å². The zero-order valence-corrected chi connectivity index (χ0v) is 21.4. The lowest BCUT2D eigenvalue weighted by atomic mass is 9.52. The molecule has 38 heavy (non-hydrogen) atoms. The number of carbonyl (C=O) groups is 6. The largest absolute Gasteiger partial charge is 0.507 e. The van der Waals surface area contributed by atoms with Gasteiger partial charge in [-0.3, -0.25) is 28.9 Å². The lowest BCUT2D eigenvalue weighted by Gasteiger charge is -2.52. The highest BCUT2D eigenvalue weighted by Crippen LogP contribution is 2.50. The number of primary amides is 1. The van der Waals surface area contributed by atoms with E-state index in [-0.39, 0.29) is 37.3 Å². The zero-order chi connectivity index (χ0) is 28.1. The van der Waals surface area contributed by atoms with Gasteiger partial charge < -0.3 is 26.0 Å². The SMILES string of the molecule is CCCOC(=O)NCc1ccc(O)c2c1C[C@H]1C[C@H]3[C@H](N(C)C)C(=O)C(C(N)=O)C(=O)[C@@]3(O)C(=O)C1C2=O. The second-order valence-corrected chi connectivity index (χ2v) is 10.4. The number of benzene rings is 1. The topological polar surface area (TPSA) is 193 Å². The van der Waals surface area contributed by atoms with Crippen molar-refractivity contribution < 1.29 is 43.7 Å². The maximum absolute atomic E-state index is 13.8. The van der Waals surface area contributed by atoms with Crippen molar-refractivity contribution in [3.05, 3.63) is 28.8 Å². The highest BCUT2D eigenvalue weighted by Gasteiger charge is 2.69. The number of phenols is 1. The third-order valence-corrected chi connectivity index (χ3v) is 7.90. The number of aromatic hydroxyl groups is 1. The molecular weight excluding hydrogens is 498 g/mol. The average Bonchev–Trinajstić information content (AvgIpc) is 2.84. The molecule has 12 heteroatoms. The third-order valence-electron chi connectivity index (χ3n) is 7.90. The van der Waals surface area contributed by atoms with Crippen LogP contribution in [-0.4, -0.2) is 82.6 Å². The van der Waals surface area contributed by atoms with Crippen LogP contribution >= 0.6 is 0 Å². The smallest absolute Gasteiger partial charge is 0.407 e. The van der Waals surface area contributed by atoms with Gasteiger partial charge in [0.25, 0.3) is 0 Å². The number of hydrogen-bond acceptors (Lipinski definition) is 10. The second kappa shape index (κ2) is 9.91. The summed E-state index contributed by atoms with van der Waals surface area (Å²) in [6.45, 7) is 2.07. The van der Waals surface area contributed by atoms with Gasteiger partial charge in [-0.1, -0.05) is 13.0 Å². The molecule has 2 saturated carbocycles. The molecule has 0 radical (unpaired) electrons. The molecule has 0 saturated heterocycles. The van der Waals surface area contributed by atoms with Gasteiger partial charge in [-0.25, -0.2) is 4.79 Å². The highest BCUT2D eigenvalue weighted by molar-refractivity contribution is 6.32. The first kappa shape index (κ1) is 27.4. The number of nitrogens with one attached hydrogen (secondary N) is 1. The summed E-state index contributed by atoms with van der Waals surface area (Å²) in [5.74, 6) is -11.0. The van der Waals surface area contributed by atoms with Crippen LogP contribution in [0.5, 0.6) is 5.75 Å². The Bertz CT molecular complexity index is 1240. The quantitative estimate of drug-likeness (QED) is 0.349. The van der Waals surface area contributed by atoms with Crippen molar-refractivity contribution in [1.29, 1.82) is 0 Å². The van der Waals surface area contributed by atoms with E-state index in [9.17, 15) is 39.0 Å². The van der Waals surface area contributed by atoms with Crippen molar-refractivity contribution in [3.8, 4) is 5.75 Å². The van der Waals surface area contributed by atoms with Gasteiger partial charge >= 0.3 is 6.09 Å². The Morgan fingerprint density at radius 2 is 1.87 bits per heavy atom. The van der Waals surface area contributed by atoms with Crippen LogP contribution in [0.2, 0.25) is 0 Å². The van der Waals surface area contributed by atoms with Crippen LogP contribution in [-0.2, 0) is 36.9 Å². The minimum atomic E-state index is -2.77. The summed E-state index contributed by atoms with van der Waals surface area (Å²) in [5, 5.41) is 24.7. The van der Waals surface area contributed by atoms with E-state index in [1.807, 2.05) is 6.92 Å². The lowest BCUT2D eigenvalue weighted by Crippen LogP contribution is -2.74. The van der Waals surface area contributed by atoms with Gasteiger partial charge in [0.1, 0.15) is 5.75 Å². The summed E-state index contributed by atoms with van der Waals surface area (Å²) in [5.41, 5.74) is 3.37. The molecule has 2 amide bonds. The third kappa shape index (κ3) is 4.08. The summed E-state index contributed by atoms with van der Waals surface area (Å²) in [7, 11) is 3.04. The number of Topliss-reactive ketones (excluding diaryl/α,β-unsaturated/α-hetero) is 4. The van der Waals surface area contributed by atoms with Gasteiger partial charge in [0.15, 0.2) is 34.7 Å². The molecule has 0 heterocycles. The van der Waals surface area contributed by atoms with Crippen molar-refractivity contribution in [3.63, 3.8) is 0 Å². The van der Waals surface area contributed by atoms with Crippen LogP contribution in [0.4, 0.5) is 4.79 Å². The number of nitrogens with two attached hydrogens (primary N) is 1. The number of ketones is 4. The molecule has 2 unspecified atom stereocenters. The first-order valence-electron chi connectivity index (χ1n) is 12.4. The van der Waals surface area contributed by atoms with E-state index >= 15 is 0 Å². The molecule has 1 aromatic carbocycles. The fourth-order valence-corrected chi connectivity index (χ4v) is 6.25. The number of phenolic OH excluding ortho intramolecular Hbond substituents is 1. The molecule has 204 valence electrons. The fraction of sp³-hybridized carbons (Fsp3) is 0.538. The molecule has 6 atom stereocenters. The Morgan fingerprint density at radius 1 is 1.18 bits per heavy atom. The lowest BCUT2D eigenvalue weighted by molar-refractivity contribution is -0.181. The molecule has 12 nitrogen and oxygen atoms in total. The molecule has 0 spiro atoms. The van der Waals surface area contributed by atoms with Crippen LogP contribution in [0.25, 0.3) is 0 Å². The summed E-state index contributed by atoms with van der Waals surface area (Å²) in [6.07, 6.45) is 0.0515. The van der Waals surface area contributed by atoms with Crippen molar-refractivity contribution in [2.24, 2.45) is 29.4 Å². The van der Waals surface area contributed by atoms with Gasteiger partial charge in [0, 0.05) is 12.5 Å². The van der Waals surface area contributed by atoms with E-state index in [2.05, 4.69) is 5.32 Å². The number of ether oxygens (including phenoxy) is 1. The van der Waals surface area contributed by atoms with Crippen molar-refractivity contribution in [2.75, 3.05) is 20.7 Å². The van der Waals surface area contributed by atoms with Crippen molar-refractivity contribution in [1.82, 2.24) is 10.2 Å². The molecule has 2 fully saturated rings. The van der Waals surface area contributed by atoms with Crippen molar-refractivity contribution in [2.45, 2.75) is 44.4 Å². The summed E-state index contributed by atoms with van der Waals surface area (Å²) < 4.78 is 5.01. The van der Waals surface area contributed by atoms with E-state index in [0.717, 1.165) is 0 Å². The van der Waals surface area contributed by atoms with E-state index in [1.54, 1.807) is 6.07 Å². The van der Waals surface area contributed by atoms with Crippen LogP contribution in [0.3, 0.4) is 0 Å². The standard InChI is InChI=1S/C26H31N3O9/c1-4-7-38-25(36)28-10-11-5-6-15(30)17-13(11)8-12-9-14-19(29(2)3)21(32)18(24(27)35)23(34)26(14,37)22(33)16(12)20(17)31/h5-6,12,14,16,18-19,30,37H,4,7-10H2,1-3H3,(H2,27,35)(H,28,36)/t12-,14-,16?,18?,19-,26-/m0/s1. The number of hydrogen-bond donors (Lipinski definition) is 4. The van der Waals surface area contributed by atoms with E-state index in [0.29, 0.717) is 17.5 Å². The Labute approximate surface area is 218 Å². The second-order valence-electron chi connectivity index (χ2n) is 10.4. The molecule has 5 N–H and O–H groups in total. The maximum atomic E-state index is 13.8. The summed E-state index contributed by atoms with van der Waals surface area (Å²) in [4.78, 5) is 79.2. The van der Waals surface area contributed by atoms with Gasteiger partial charge in [-0.2, -0.15) is 0 Å². The molecule has 0 bridgehead atoms. The maximum Gasteiger partial charge on any atom is 0.407 e. The predicted octanol–water partition coefficient (Wildman–Crippen LogP) is -0.497. The minimum absolute atomic E-state index is 0.00523. The number of carbonyl (C=O) groups excluding carboxylic acids is 6.